The number of rotatable bonds is 7. The number of nitrogens with one attached hydrogen (secondary N) is 1. The van der Waals surface area contributed by atoms with Gasteiger partial charge >= 0.3 is 0 Å². The van der Waals surface area contributed by atoms with Crippen molar-refractivity contribution in [2.24, 2.45) is 0 Å². The minimum atomic E-state index is -3.75. The summed E-state index contributed by atoms with van der Waals surface area (Å²) in [5.41, 5.74) is 0.925. The predicted molar refractivity (Wildman–Crippen MR) is 109 cm³/mol. The van der Waals surface area contributed by atoms with E-state index in [0.717, 1.165) is 41.6 Å². The molecule has 1 saturated heterocycles. The summed E-state index contributed by atoms with van der Waals surface area (Å²) in [4.78, 5) is 18.9. The minimum absolute atomic E-state index is 0.0941. The first-order chi connectivity index (χ1) is 13.4. The number of benzene rings is 1. The van der Waals surface area contributed by atoms with E-state index in [1.54, 1.807) is 6.20 Å². The molecule has 1 aromatic carbocycles. The van der Waals surface area contributed by atoms with E-state index in [1.165, 1.54) is 31.3 Å². The van der Waals surface area contributed by atoms with Crippen LogP contribution in [-0.2, 0) is 21.4 Å². The fourth-order valence-corrected chi connectivity index (χ4v) is 4.27. The number of sulfonamides is 1. The van der Waals surface area contributed by atoms with Gasteiger partial charge in [0.2, 0.25) is 15.9 Å². The van der Waals surface area contributed by atoms with Crippen molar-refractivity contribution in [1.82, 2.24) is 14.6 Å². The van der Waals surface area contributed by atoms with Crippen LogP contribution in [-0.4, -0.2) is 50.3 Å². The molecule has 1 aliphatic rings. The Kier molecular flexibility index (Phi) is 6.53. The van der Waals surface area contributed by atoms with Crippen molar-refractivity contribution in [3.05, 3.63) is 53.2 Å². The van der Waals surface area contributed by atoms with Crippen molar-refractivity contribution in [3.63, 3.8) is 0 Å². The van der Waals surface area contributed by atoms with Gasteiger partial charge in [0.1, 0.15) is 5.82 Å². The fourth-order valence-electron chi connectivity index (χ4n) is 3.02. The molecule has 1 fully saturated rings. The third-order valence-corrected chi connectivity index (χ3v) is 6.69. The lowest BCUT2D eigenvalue weighted by molar-refractivity contribution is -0.121. The number of amides is 1. The van der Waals surface area contributed by atoms with Crippen LogP contribution in [0.4, 0.5) is 5.82 Å². The van der Waals surface area contributed by atoms with Crippen LogP contribution in [0, 0.1) is 0 Å². The van der Waals surface area contributed by atoms with Crippen LogP contribution < -0.4 is 10.2 Å². The van der Waals surface area contributed by atoms with Gasteiger partial charge in [-0.1, -0.05) is 11.6 Å². The van der Waals surface area contributed by atoms with E-state index >= 15 is 0 Å². The Labute approximate surface area is 170 Å². The van der Waals surface area contributed by atoms with Crippen LogP contribution in [0.1, 0.15) is 18.4 Å². The first-order valence-electron chi connectivity index (χ1n) is 9.05. The number of carbonyl (C=O) groups is 1. The van der Waals surface area contributed by atoms with Crippen molar-refractivity contribution in [2.75, 3.05) is 31.6 Å². The highest BCUT2D eigenvalue weighted by Gasteiger charge is 2.23. The topological polar surface area (TPSA) is 82.6 Å². The lowest BCUT2D eigenvalue weighted by Crippen LogP contribution is -2.38. The zero-order chi connectivity index (χ0) is 20.1. The number of carbonyl (C=O) groups excluding carboxylic acids is 1. The van der Waals surface area contributed by atoms with E-state index < -0.39 is 10.0 Å². The van der Waals surface area contributed by atoms with Crippen molar-refractivity contribution in [3.8, 4) is 0 Å². The van der Waals surface area contributed by atoms with Crippen LogP contribution in [0.5, 0.6) is 0 Å². The number of halogens is 1. The second-order valence-corrected chi connectivity index (χ2v) is 9.19. The molecule has 7 nitrogen and oxygen atoms in total. The third-order valence-electron chi connectivity index (χ3n) is 4.62. The molecule has 28 heavy (non-hydrogen) atoms. The van der Waals surface area contributed by atoms with Crippen molar-refractivity contribution < 1.29 is 13.2 Å². The Balaban J connectivity index is 1.56. The number of pyridine rings is 1. The summed E-state index contributed by atoms with van der Waals surface area (Å²) >= 11 is 5.80. The first-order valence-corrected chi connectivity index (χ1v) is 10.9. The van der Waals surface area contributed by atoms with Gasteiger partial charge in [0.25, 0.3) is 0 Å². The minimum Gasteiger partial charge on any atom is -0.357 e. The second kappa shape index (κ2) is 8.89. The largest absolute Gasteiger partial charge is 0.357 e. The molecule has 3 rings (SSSR count). The molecule has 0 radical (unpaired) electrons. The highest BCUT2D eigenvalue weighted by Crippen LogP contribution is 2.19. The van der Waals surface area contributed by atoms with Gasteiger partial charge in [-0.15, -0.1) is 0 Å². The summed E-state index contributed by atoms with van der Waals surface area (Å²) in [6.45, 7) is 2.04. The van der Waals surface area contributed by atoms with Crippen molar-refractivity contribution in [2.45, 2.75) is 24.3 Å². The Bertz CT molecular complexity index is 928. The van der Waals surface area contributed by atoms with Crippen LogP contribution in [0.3, 0.4) is 0 Å². The van der Waals surface area contributed by atoms with E-state index in [9.17, 15) is 13.2 Å². The number of anilines is 1. The van der Waals surface area contributed by atoms with Gasteiger partial charge in [0.15, 0.2) is 0 Å². The normalized spacial score (nSPS) is 14.5. The molecule has 0 spiro atoms. The fraction of sp³-hybridized carbons (Fsp3) is 0.368. The van der Waals surface area contributed by atoms with E-state index in [4.69, 9.17) is 11.6 Å². The Morgan fingerprint density at radius 1 is 1.21 bits per heavy atom. The van der Waals surface area contributed by atoms with Crippen LogP contribution in [0.2, 0.25) is 5.02 Å². The van der Waals surface area contributed by atoms with Crippen LogP contribution in [0.25, 0.3) is 0 Å². The maximum Gasteiger partial charge on any atom is 0.243 e. The maximum absolute atomic E-state index is 12.5. The molecule has 0 unspecified atom stereocenters. The van der Waals surface area contributed by atoms with Gasteiger partial charge in [-0.2, -0.15) is 4.31 Å². The average molecular weight is 423 g/mol. The summed E-state index contributed by atoms with van der Waals surface area (Å²) in [6.07, 6.45) is 4.06. The molecule has 0 saturated carbocycles. The predicted octanol–water partition coefficient (Wildman–Crippen LogP) is 2.27. The number of nitrogens with zero attached hydrogens (tertiary/aromatic N) is 3. The summed E-state index contributed by atoms with van der Waals surface area (Å²) in [5.74, 6) is 0.534. The molecule has 1 N–H and O–H groups in total. The SMILES string of the molecule is CN(CC(=O)NCc1ccnc(N2CCCC2)c1)S(=O)(=O)c1ccc(Cl)cc1. The average Bonchev–Trinajstić information content (AvgIpc) is 3.22. The van der Waals surface area contributed by atoms with Gasteiger partial charge in [-0.25, -0.2) is 13.4 Å². The third kappa shape index (κ3) is 5.01. The molecule has 0 aliphatic carbocycles. The second-order valence-electron chi connectivity index (χ2n) is 6.71. The van der Waals surface area contributed by atoms with E-state index in [1.807, 2.05) is 12.1 Å². The smallest absolute Gasteiger partial charge is 0.243 e. The van der Waals surface area contributed by atoms with Gasteiger partial charge < -0.3 is 10.2 Å². The van der Waals surface area contributed by atoms with Gasteiger partial charge in [-0.05, 0) is 54.8 Å². The molecule has 0 atom stereocenters. The quantitative estimate of drug-likeness (QED) is 0.740. The summed E-state index contributed by atoms with van der Waals surface area (Å²) in [5, 5.41) is 3.22. The zero-order valence-electron chi connectivity index (χ0n) is 15.6. The Morgan fingerprint density at radius 3 is 2.57 bits per heavy atom. The maximum atomic E-state index is 12.5. The number of likely N-dealkylation sites (N-methyl/N-ethyl adjacent to an activating group) is 1. The van der Waals surface area contributed by atoms with Crippen LogP contribution >= 0.6 is 11.6 Å². The van der Waals surface area contributed by atoms with Crippen molar-refractivity contribution in [1.29, 1.82) is 0 Å². The highest BCUT2D eigenvalue weighted by molar-refractivity contribution is 7.89. The molecule has 2 aromatic rings. The summed E-state index contributed by atoms with van der Waals surface area (Å²) in [7, 11) is -2.38. The number of hydrogen-bond donors (Lipinski definition) is 1. The van der Waals surface area contributed by atoms with Crippen LogP contribution in [0.15, 0.2) is 47.5 Å². The number of hydrogen-bond acceptors (Lipinski definition) is 5. The lowest BCUT2D eigenvalue weighted by Gasteiger charge is -2.18. The summed E-state index contributed by atoms with van der Waals surface area (Å²) in [6, 6.07) is 9.65. The van der Waals surface area contributed by atoms with Gasteiger partial charge in [-0.3, -0.25) is 4.79 Å². The molecular weight excluding hydrogens is 400 g/mol. The van der Waals surface area contributed by atoms with Gasteiger partial charge in [0, 0.05) is 37.9 Å². The summed E-state index contributed by atoms with van der Waals surface area (Å²) < 4.78 is 26.1. The standard InChI is InChI=1S/C19H23ClN4O3S/c1-23(28(26,27)17-6-4-16(20)5-7-17)14-19(25)22-13-15-8-9-21-18(12-15)24-10-2-3-11-24/h4-9,12H,2-3,10-11,13-14H2,1H3,(H,22,25). The molecule has 0 bridgehead atoms. The van der Waals surface area contributed by atoms with E-state index in [0.29, 0.717) is 11.6 Å². The molecule has 1 aromatic heterocycles. The Hall–Kier alpha value is -2.16. The lowest BCUT2D eigenvalue weighted by atomic mass is 10.2. The molecule has 2 heterocycles. The van der Waals surface area contributed by atoms with Crippen molar-refractivity contribution >= 4 is 33.3 Å². The van der Waals surface area contributed by atoms with E-state index in [2.05, 4.69) is 15.2 Å². The molecular formula is C19H23ClN4O3S. The molecule has 1 amide bonds. The Morgan fingerprint density at radius 2 is 1.89 bits per heavy atom. The monoisotopic (exact) mass is 422 g/mol. The first kappa shape index (κ1) is 20.6. The zero-order valence-corrected chi connectivity index (χ0v) is 17.2. The van der Waals surface area contributed by atoms with Gasteiger partial charge in [0.05, 0.1) is 11.4 Å². The molecule has 9 heteroatoms. The number of aromatic nitrogens is 1. The van der Waals surface area contributed by atoms with E-state index in [-0.39, 0.29) is 17.3 Å². The molecule has 150 valence electrons. The highest BCUT2D eigenvalue weighted by atomic mass is 35.5. The molecule has 1 aliphatic heterocycles.